The van der Waals surface area contributed by atoms with E-state index in [0.717, 1.165) is 45.8 Å². The first-order valence-corrected chi connectivity index (χ1v) is 13.2. The maximum Gasteiger partial charge on any atom is 0.316 e. The molecule has 1 aromatic heterocycles. The third-order valence-corrected chi connectivity index (χ3v) is 7.43. The first-order chi connectivity index (χ1) is 19.0. The number of halogens is 2. The van der Waals surface area contributed by atoms with Crippen LogP contribution in [0.15, 0.2) is 60.7 Å². The molecule has 1 aliphatic rings. The zero-order valence-electron chi connectivity index (χ0n) is 23.0. The number of benzene rings is 3. The average molecular weight is 546 g/mol. The van der Waals surface area contributed by atoms with Crippen molar-refractivity contribution in [1.29, 1.82) is 0 Å². The van der Waals surface area contributed by atoms with Gasteiger partial charge in [0.1, 0.15) is 11.6 Å². The minimum Gasteiger partial charge on any atom is -0.388 e. The van der Waals surface area contributed by atoms with Crippen molar-refractivity contribution in [2.75, 3.05) is 11.9 Å². The molecule has 4 N–H and O–H groups in total. The number of urea groups is 1. The van der Waals surface area contributed by atoms with E-state index in [2.05, 4.69) is 10.2 Å². The maximum atomic E-state index is 15.8. The van der Waals surface area contributed by atoms with Crippen molar-refractivity contribution in [3.8, 4) is 16.9 Å². The number of aliphatic hydroxyl groups is 1. The molecule has 40 heavy (non-hydrogen) atoms. The Balaban J connectivity index is 1.71. The van der Waals surface area contributed by atoms with Crippen LogP contribution in [0, 0.1) is 25.5 Å². The largest absolute Gasteiger partial charge is 0.388 e. The van der Waals surface area contributed by atoms with E-state index in [0.29, 0.717) is 25.2 Å². The summed E-state index contributed by atoms with van der Waals surface area (Å²) in [5, 5.41) is 18.3. The fourth-order valence-corrected chi connectivity index (χ4v) is 5.85. The molecule has 0 spiro atoms. The number of primary amides is 1. The van der Waals surface area contributed by atoms with Crippen LogP contribution in [0.3, 0.4) is 0 Å². The Morgan fingerprint density at radius 3 is 2.35 bits per heavy atom. The summed E-state index contributed by atoms with van der Waals surface area (Å²) in [4.78, 5) is 13.5. The van der Waals surface area contributed by atoms with E-state index in [-0.39, 0.29) is 17.3 Å². The Hall–Kier alpha value is -4.08. The lowest BCUT2D eigenvalue weighted by Crippen LogP contribution is -2.44. The first kappa shape index (κ1) is 27.5. The van der Waals surface area contributed by atoms with Gasteiger partial charge in [-0.3, -0.25) is 4.90 Å². The van der Waals surface area contributed by atoms with Gasteiger partial charge in [0, 0.05) is 36.7 Å². The second kappa shape index (κ2) is 10.5. The number of carbonyl (C=O) groups excluding carboxylic acids is 1. The summed E-state index contributed by atoms with van der Waals surface area (Å²) < 4.78 is 32.7. The highest BCUT2D eigenvalue weighted by molar-refractivity contribution is 5.88. The fourth-order valence-electron chi connectivity index (χ4n) is 5.85. The van der Waals surface area contributed by atoms with Gasteiger partial charge in [0.25, 0.3) is 0 Å². The van der Waals surface area contributed by atoms with Gasteiger partial charge >= 0.3 is 6.03 Å². The minimum atomic E-state index is -1.08. The van der Waals surface area contributed by atoms with Crippen LogP contribution in [0.1, 0.15) is 47.8 Å². The highest BCUT2D eigenvalue weighted by Crippen LogP contribution is 2.41. The number of nitrogens with one attached hydrogen (secondary N) is 1. The summed E-state index contributed by atoms with van der Waals surface area (Å²) >= 11 is 0. The molecule has 2 amide bonds. The van der Waals surface area contributed by atoms with Gasteiger partial charge in [0.15, 0.2) is 0 Å². The number of rotatable bonds is 6. The van der Waals surface area contributed by atoms with E-state index in [4.69, 9.17) is 10.8 Å². The number of anilines is 1. The van der Waals surface area contributed by atoms with Gasteiger partial charge < -0.3 is 16.2 Å². The standard InChI is InChI=1S/C31H33F2N5O2/c1-18-9-8-10-19(2)27(18)38-28(21-15-24(33)26(16-23(21)32)35-30(34)39)22-17-37(14-13-25(22)36-38)29(31(3,4)40)20-11-6-5-7-12-20/h5-12,15-16,29,40H,13-14,17H2,1-4H3,(H3,34,35,39). The number of hydrogen-bond donors (Lipinski definition) is 3. The molecule has 0 bridgehead atoms. The van der Waals surface area contributed by atoms with E-state index in [1.54, 1.807) is 18.5 Å². The molecule has 1 unspecified atom stereocenters. The van der Waals surface area contributed by atoms with E-state index in [9.17, 15) is 9.90 Å². The summed E-state index contributed by atoms with van der Waals surface area (Å²) in [5.74, 6) is -1.54. The molecule has 9 heteroatoms. The molecule has 2 heterocycles. The summed E-state index contributed by atoms with van der Waals surface area (Å²) in [6, 6.07) is 16.3. The Labute approximate surface area is 232 Å². The zero-order chi connectivity index (χ0) is 28.8. The van der Waals surface area contributed by atoms with Crippen molar-refractivity contribution in [3.63, 3.8) is 0 Å². The number of carbonyl (C=O) groups is 1. The van der Waals surface area contributed by atoms with Gasteiger partial charge in [-0.05, 0) is 50.5 Å². The summed E-state index contributed by atoms with van der Waals surface area (Å²) in [6.45, 7) is 8.45. The molecular weight excluding hydrogens is 512 g/mol. The number of fused-ring (bicyclic) bond motifs is 1. The van der Waals surface area contributed by atoms with Crippen LogP contribution in [0.2, 0.25) is 0 Å². The molecule has 0 fully saturated rings. The van der Waals surface area contributed by atoms with E-state index in [1.807, 2.05) is 62.4 Å². The van der Waals surface area contributed by atoms with Gasteiger partial charge in [-0.15, -0.1) is 0 Å². The number of aromatic nitrogens is 2. The van der Waals surface area contributed by atoms with Crippen LogP contribution < -0.4 is 11.1 Å². The quantitative estimate of drug-likeness (QED) is 0.286. The van der Waals surface area contributed by atoms with Crippen molar-refractivity contribution < 1.29 is 18.7 Å². The van der Waals surface area contributed by atoms with E-state index < -0.39 is 23.3 Å². The highest BCUT2D eigenvalue weighted by Gasteiger charge is 2.38. The number of nitrogens with zero attached hydrogens (tertiary/aromatic N) is 3. The van der Waals surface area contributed by atoms with Crippen LogP contribution in [-0.2, 0) is 13.0 Å². The molecule has 1 aliphatic heterocycles. The number of hydrogen-bond acceptors (Lipinski definition) is 4. The third-order valence-electron chi connectivity index (χ3n) is 7.43. The van der Waals surface area contributed by atoms with Crippen LogP contribution in [0.4, 0.5) is 19.3 Å². The Kier molecular flexibility index (Phi) is 7.20. The normalized spacial score (nSPS) is 14.6. The number of aryl methyl sites for hydroxylation is 2. The number of nitrogens with two attached hydrogens (primary N) is 1. The van der Waals surface area contributed by atoms with Crippen molar-refractivity contribution in [3.05, 3.63) is 100 Å². The lowest BCUT2D eigenvalue weighted by Gasteiger charge is -2.41. The number of para-hydroxylation sites is 1. The topological polar surface area (TPSA) is 96.4 Å². The molecule has 3 aromatic carbocycles. The maximum absolute atomic E-state index is 15.8. The molecule has 208 valence electrons. The molecule has 0 radical (unpaired) electrons. The van der Waals surface area contributed by atoms with Crippen LogP contribution >= 0.6 is 0 Å². The minimum absolute atomic E-state index is 0.0188. The van der Waals surface area contributed by atoms with Gasteiger partial charge in [0.05, 0.1) is 34.4 Å². The first-order valence-electron chi connectivity index (χ1n) is 13.2. The average Bonchev–Trinajstić information content (AvgIpc) is 3.23. The summed E-state index contributed by atoms with van der Waals surface area (Å²) in [6.07, 6.45) is 0.561. The molecule has 0 saturated heterocycles. The molecule has 1 atom stereocenters. The fraction of sp³-hybridized carbons (Fsp3) is 0.290. The molecule has 4 aromatic rings. The van der Waals surface area contributed by atoms with Crippen LogP contribution in [0.25, 0.3) is 16.9 Å². The third kappa shape index (κ3) is 5.10. The van der Waals surface area contributed by atoms with Crippen molar-refractivity contribution in [2.24, 2.45) is 5.73 Å². The molecule has 5 rings (SSSR count). The molecule has 0 aliphatic carbocycles. The predicted octanol–water partition coefficient (Wildman–Crippen LogP) is 5.80. The monoisotopic (exact) mass is 545 g/mol. The highest BCUT2D eigenvalue weighted by atomic mass is 19.1. The van der Waals surface area contributed by atoms with Gasteiger partial charge in [-0.1, -0.05) is 48.5 Å². The van der Waals surface area contributed by atoms with Crippen LogP contribution in [0.5, 0.6) is 0 Å². The summed E-state index contributed by atoms with van der Waals surface area (Å²) in [5.41, 5.74) is 9.34. The molecular formula is C31H33F2N5O2. The predicted molar refractivity (Wildman–Crippen MR) is 151 cm³/mol. The van der Waals surface area contributed by atoms with Gasteiger partial charge in [0.2, 0.25) is 0 Å². The second-order valence-electron chi connectivity index (χ2n) is 10.9. The van der Waals surface area contributed by atoms with Crippen molar-refractivity contribution >= 4 is 11.7 Å². The SMILES string of the molecule is Cc1cccc(C)c1-n1nc2c(c1-c1cc(F)c(NC(N)=O)cc1F)CN(C(c1ccccc1)C(C)(C)O)CC2. The van der Waals surface area contributed by atoms with Crippen molar-refractivity contribution in [2.45, 2.75) is 52.3 Å². The number of amides is 2. The van der Waals surface area contributed by atoms with Crippen LogP contribution in [-0.4, -0.2) is 38.0 Å². The lowest BCUT2D eigenvalue weighted by molar-refractivity contribution is -0.0272. The van der Waals surface area contributed by atoms with Crippen molar-refractivity contribution in [1.82, 2.24) is 14.7 Å². The lowest BCUT2D eigenvalue weighted by atomic mass is 9.88. The Morgan fingerprint density at radius 1 is 1.05 bits per heavy atom. The van der Waals surface area contributed by atoms with E-state index in [1.165, 1.54) is 0 Å². The second-order valence-corrected chi connectivity index (χ2v) is 10.9. The Morgan fingerprint density at radius 2 is 1.73 bits per heavy atom. The van der Waals surface area contributed by atoms with Gasteiger partial charge in [-0.2, -0.15) is 5.10 Å². The molecule has 0 saturated carbocycles. The smallest absolute Gasteiger partial charge is 0.316 e. The zero-order valence-corrected chi connectivity index (χ0v) is 23.0. The van der Waals surface area contributed by atoms with E-state index >= 15 is 8.78 Å². The summed E-state index contributed by atoms with van der Waals surface area (Å²) in [7, 11) is 0. The Bertz CT molecular complexity index is 1560. The molecule has 7 nitrogen and oxygen atoms in total. The van der Waals surface area contributed by atoms with Gasteiger partial charge in [-0.25, -0.2) is 18.3 Å².